The molecular formula is C13H17ClN2OS. The van der Waals surface area contributed by atoms with Crippen molar-refractivity contribution in [2.75, 3.05) is 11.1 Å². The molecule has 1 aromatic rings. The molecule has 2 atom stereocenters. The lowest BCUT2D eigenvalue weighted by atomic mass is 10.1. The van der Waals surface area contributed by atoms with Crippen molar-refractivity contribution in [3.8, 4) is 0 Å². The van der Waals surface area contributed by atoms with Crippen LogP contribution >= 0.6 is 23.4 Å². The maximum absolute atomic E-state index is 11.1. The van der Waals surface area contributed by atoms with E-state index in [0.29, 0.717) is 21.9 Å². The number of thioether (sulfide) groups is 1. The number of amides is 1. The van der Waals surface area contributed by atoms with Crippen molar-refractivity contribution in [3.63, 3.8) is 0 Å². The SMILES string of the molecule is CC1SCCCC1Nc1ccc(C(N)=O)c(Cl)c1. The summed E-state index contributed by atoms with van der Waals surface area (Å²) >= 11 is 8.02. The Morgan fingerprint density at radius 1 is 1.56 bits per heavy atom. The Balaban J connectivity index is 2.10. The van der Waals surface area contributed by atoms with Gasteiger partial charge < -0.3 is 11.1 Å². The topological polar surface area (TPSA) is 55.1 Å². The number of carbonyl (C=O) groups is 1. The fraction of sp³-hybridized carbons (Fsp3) is 0.462. The van der Waals surface area contributed by atoms with Crippen molar-refractivity contribution in [2.24, 2.45) is 5.73 Å². The second-order valence-corrected chi connectivity index (χ2v) is 6.42. The lowest BCUT2D eigenvalue weighted by Gasteiger charge is -2.30. The van der Waals surface area contributed by atoms with Gasteiger partial charge in [-0.25, -0.2) is 0 Å². The minimum Gasteiger partial charge on any atom is -0.381 e. The molecular weight excluding hydrogens is 268 g/mol. The maximum atomic E-state index is 11.1. The van der Waals surface area contributed by atoms with Gasteiger partial charge in [0.1, 0.15) is 0 Å². The smallest absolute Gasteiger partial charge is 0.250 e. The number of rotatable bonds is 3. The molecule has 1 amide bonds. The number of hydrogen-bond donors (Lipinski definition) is 2. The highest BCUT2D eigenvalue weighted by atomic mass is 35.5. The van der Waals surface area contributed by atoms with Crippen LogP contribution in [0.3, 0.4) is 0 Å². The molecule has 1 aliphatic rings. The molecule has 1 saturated heterocycles. The van der Waals surface area contributed by atoms with Gasteiger partial charge in [-0.15, -0.1) is 0 Å². The second kappa shape index (κ2) is 5.85. The van der Waals surface area contributed by atoms with E-state index in [9.17, 15) is 4.79 Å². The molecule has 1 aliphatic heterocycles. The molecule has 2 unspecified atom stereocenters. The first-order valence-electron chi connectivity index (χ1n) is 6.05. The molecule has 0 spiro atoms. The van der Waals surface area contributed by atoms with E-state index in [1.807, 2.05) is 17.8 Å². The predicted octanol–water partition coefficient (Wildman–Crippen LogP) is 3.13. The van der Waals surface area contributed by atoms with Crippen molar-refractivity contribution < 1.29 is 4.79 Å². The molecule has 0 saturated carbocycles. The summed E-state index contributed by atoms with van der Waals surface area (Å²) in [6.07, 6.45) is 2.41. The minimum absolute atomic E-state index is 0.369. The summed E-state index contributed by atoms with van der Waals surface area (Å²) in [6, 6.07) is 5.76. The van der Waals surface area contributed by atoms with Gasteiger partial charge in [-0.1, -0.05) is 18.5 Å². The molecule has 0 bridgehead atoms. The number of halogens is 1. The Labute approximate surface area is 116 Å². The Morgan fingerprint density at radius 3 is 2.94 bits per heavy atom. The minimum atomic E-state index is -0.492. The first-order chi connectivity index (χ1) is 8.58. The summed E-state index contributed by atoms with van der Waals surface area (Å²) in [7, 11) is 0. The highest BCUT2D eigenvalue weighted by Crippen LogP contribution is 2.29. The zero-order valence-electron chi connectivity index (χ0n) is 10.3. The summed E-state index contributed by atoms with van der Waals surface area (Å²) in [5.74, 6) is 0.744. The van der Waals surface area contributed by atoms with Gasteiger partial charge >= 0.3 is 0 Å². The van der Waals surface area contributed by atoms with Gasteiger partial charge in [0.15, 0.2) is 0 Å². The average molecular weight is 285 g/mol. The van der Waals surface area contributed by atoms with Crippen molar-refractivity contribution in [1.82, 2.24) is 0 Å². The van der Waals surface area contributed by atoms with E-state index < -0.39 is 5.91 Å². The van der Waals surface area contributed by atoms with Crippen LogP contribution in [-0.4, -0.2) is 23.0 Å². The number of anilines is 1. The first-order valence-corrected chi connectivity index (χ1v) is 7.48. The number of benzene rings is 1. The average Bonchev–Trinajstić information content (AvgIpc) is 2.32. The van der Waals surface area contributed by atoms with E-state index in [-0.39, 0.29) is 0 Å². The lowest BCUT2D eigenvalue weighted by molar-refractivity contribution is 0.100. The highest BCUT2D eigenvalue weighted by Gasteiger charge is 2.21. The number of primary amides is 1. The van der Waals surface area contributed by atoms with Gasteiger partial charge in [0.25, 0.3) is 0 Å². The van der Waals surface area contributed by atoms with Crippen LogP contribution in [0.2, 0.25) is 5.02 Å². The lowest BCUT2D eigenvalue weighted by Crippen LogP contribution is -2.32. The summed E-state index contributed by atoms with van der Waals surface area (Å²) in [4.78, 5) is 11.1. The van der Waals surface area contributed by atoms with Crippen molar-refractivity contribution in [1.29, 1.82) is 0 Å². The molecule has 3 nitrogen and oxygen atoms in total. The molecule has 5 heteroatoms. The van der Waals surface area contributed by atoms with E-state index in [0.717, 1.165) is 5.69 Å². The van der Waals surface area contributed by atoms with Crippen LogP contribution in [0.5, 0.6) is 0 Å². The van der Waals surface area contributed by atoms with Crippen LogP contribution in [0.1, 0.15) is 30.1 Å². The molecule has 0 aliphatic carbocycles. The molecule has 18 heavy (non-hydrogen) atoms. The van der Waals surface area contributed by atoms with E-state index >= 15 is 0 Å². The van der Waals surface area contributed by atoms with Crippen LogP contribution in [0.25, 0.3) is 0 Å². The van der Waals surface area contributed by atoms with Gasteiger partial charge in [-0.05, 0) is 36.8 Å². The van der Waals surface area contributed by atoms with Gasteiger partial charge in [-0.2, -0.15) is 11.8 Å². The van der Waals surface area contributed by atoms with Gasteiger partial charge in [0.05, 0.1) is 10.6 Å². The summed E-state index contributed by atoms with van der Waals surface area (Å²) in [5.41, 5.74) is 6.54. The number of nitrogens with one attached hydrogen (secondary N) is 1. The molecule has 3 N–H and O–H groups in total. The van der Waals surface area contributed by atoms with Crippen molar-refractivity contribution in [2.45, 2.75) is 31.1 Å². The van der Waals surface area contributed by atoms with Crippen LogP contribution in [-0.2, 0) is 0 Å². The van der Waals surface area contributed by atoms with Crippen molar-refractivity contribution in [3.05, 3.63) is 28.8 Å². The maximum Gasteiger partial charge on any atom is 0.250 e. The zero-order chi connectivity index (χ0) is 13.1. The molecule has 1 aromatic carbocycles. The summed E-state index contributed by atoms with van der Waals surface area (Å²) < 4.78 is 0. The third-order valence-corrected chi connectivity index (χ3v) is 4.88. The van der Waals surface area contributed by atoms with Crippen LogP contribution in [0, 0.1) is 0 Å². The van der Waals surface area contributed by atoms with Gasteiger partial charge in [0, 0.05) is 17.0 Å². The molecule has 0 aromatic heterocycles. The quantitative estimate of drug-likeness (QED) is 0.896. The summed E-state index contributed by atoms with van der Waals surface area (Å²) in [5, 5.41) is 4.48. The fourth-order valence-electron chi connectivity index (χ4n) is 2.13. The fourth-order valence-corrected chi connectivity index (χ4v) is 3.55. The van der Waals surface area contributed by atoms with Crippen LogP contribution in [0.4, 0.5) is 5.69 Å². The van der Waals surface area contributed by atoms with Crippen LogP contribution in [0.15, 0.2) is 18.2 Å². The summed E-state index contributed by atoms with van der Waals surface area (Å²) in [6.45, 7) is 2.24. The van der Waals surface area contributed by atoms with E-state index in [1.54, 1.807) is 12.1 Å². The number of carbonyl (C=O) groups excluding carboxylic acids is 1. The third kappa shape index (κ3) is 3.12. The second-order valence-electron chi connectivity index (χ2n) is 4.53. The monoisotopic (exact) mass is 284 g/mol. The van der Waals surface area contributed by atoms with Crippen molar-refractivity contribution >= 4 is 35.0 Å². The highest BCUT2D eigenvalue weighted by molar-refractivity contribution is 8.00. The Bertz CT molecular complexity index is 453. The molecule has 0 radical (unpaired) electrons. The Morgan fingerprint density at radius 2 is 2.33 bits per heavy atom. The molecule has 1 fully saturated rings. The Hall–Kier alpha value is -0.870. The van der Waals surface area contributed by atoms with Crippen LogP contribution < -0.4 is 11.1 Å². The molecule has 1 heterocycles. The third-order valence-electron chi connectivity index (χ3n) is 3.19. The number of hydrogen-bond acceptors (Lipinski definition) is 3. The standard InChI is InChI=1S/C13H17ClN2OS/c1-8-12(3-2-6-18-8)16-9-4-5-10(13(15)17)11(14)7-9/h4-5,7-8,12,16H,2-3,6H2,1H3,(H2,15,17). The van der Waals surface area contributed by atoms with Gasteiger partial charge in [0.2, 0.25) is 5.91 Å². The predicted molar refractivity (Wildman–Crippen MR) is 78.5 cm³/mol. The van der Waals surface area contributed by atoms with Gasteiger partial charge in [-0.3, -0.25) is 4.79 Å². The zero-order valence-corrected chi connectivity index (χ0v) is 11.9. The van der Waals surface area contributed by atoms with E-state index in [2.05, 4.69) is 12.2 Å². The van der Waals surface area contributed by atoms with E-state index in [1.165, 1.54) is 18.6 Å². The first kappa shape index (κ1) is 13.6. The Kier molecular flexibility index (Phi) is 4.40. The largest absolute Gasteiger partial charge is 0.381 e. The van der Waals surface area contributed by atoms with E-state index in [4.69, 9.17) is 17.3 Å². The number of nitrogens with two attached hydrogens (primary N) is 1. The molecule has 2 rings (SSSR count). The normalized spacial score (nSPS) is 23.7. The molecule has 98 valence electrons.